The van der Waals surface area contributed by atoms with Crippen molar-refractivity contribution < 1.29 is 5.11 Å². The molecule has 1 aromatic heterocycles. The SMILES string of the molecule is Oc1ccc(CNCc2ccsc2)cc1Br. The van der Waals surface area contributed by atoms with Crippen LogP contribution < -0.4 is 5.32 Å². The summed E-state index contributed by atoms with van der Waals surface area (Å²) in [6, 6.07) is 7.66. The molecule has 2 aromatic rings. The van der Waals surface area contributed by atoms with Gasteiger partial charge in [-0.25, -0.2) is 0 Å². The Morgan fingerprint density at radius 3 is 2.69 bits per heavy atom. The summed E-state index contributed by atoms with van der Waals surface area (Å²) in [6.07, 6.45) is 0. The summed E-state index contributed by atoms with van der Waals surface area (Å²) < 4.78 is 0.738. The standard InChI is InChI=1S/C12H12BrNOS/c13-11-5-9(1-2-12(11)15)6-14-7-10-3-4-16-8-10/h1-5,8,14-15H,6-7H2. The molecule has 0 amide bonds. The van der Waals surface area contributed by atoms with E-state index in [2.05, 4.69) is 38.1 Å². The van der Waals surface area contributed by atoms with Gasteiger partial charge in [0.2, 0.25) is 0 Å². The minimum Gasteiger partial charge on any atom is -0.507 e. The number of phenols is 1. The summed E-state index contributed by atoms with van der Waals surface area (Å²) in [5, 5.41) is 16.9. The number of hydrogen-bond acceptors (Lipinski definition) is 3. The van der Waals surface area contributed by atoms with E-state index in [9.17, 15) is 5.11 Å². The van der Waals surface area contributed by atoms with Crippen molar-refractivity contribution in [3.63, 3.8) is 0 Å². The maximum absolute atomic E-state index is 9.35. The van der Waals surface area contributed by atoms with Crippen molar-refractivity contribution in [1.29, 1.82) is 0 Å². The van der Waals surface area contributed by atoms with Crippen molar-refractivity contribution >= 4 is 27.3 Å². The molecule has 1 heterocycles. The zero-order valence-corrected chi connectivity index (χ0v) is 11.0. The number of hydrogen-bond donors (Lipinski definition) is 2. The average molecular weight is 298 g/mol. The first-order valence-electron chi connectivity index (χ1n) is 4.95. The fraction of sp³-hybridized carbons (Fsp3) is 0.167. The summed E-state index contributed by atoms with van der Waals surface area (Å²) in [6.45, 7) is 1.68. The summed E-state index contributed by atoms with van der Waals surface area (Å²) in [7, 11) is 0. The van der Waals surface area contributed by atoms with Crippen molar-refractivity contribution in [1.82, 2.24) is 5.32 Å². The Balaban J connectivity index is 1.87. The van der Waals surface area contributed by atoms with Crippen LogP contribution in [0.25, 0.3) is 0 Å². The molecule has 2 N–H and O–H groups in total. The van der Waals surface area contributed by atoms with Gasteiger partial charge in [0.25, 0.3) is 0 Å². The number of rotatable bonds is 4. The molecule has 2 rings (SSSR count). The van der Waals surface area contributed by atoms with Gasteiger partial charge in [-0.1, -0.05) is 6.07 Å². The Morgan fingerprint density at radius 1 is 1.19 bits per heavy atom. The van der Waals surface area contributed by atoms with E-state index in [1.165, 1.54) is 5.56 Å². The lowest BCUT2D eigenvalue weighted by Gasteiger charge is -2.05. The van der Waals surface area contributed by atoms with E-state index in [1.807, 2.05) is 12.1 Å². The fourth-order valence-electron chi connectivity index (χ4n) is 1.40. The van der Waals surface area contributed by atoms with E-state index in [4.69, 9.17) is 0 Å². The average Bonchev–Trinajstić information content (AvgIpc) is 2.76. The Kier molecular flexibility index (Phi) is 3.98. The van der Waals surface area contributed by atoms with Crippen molar-refractivity contribution in [3.8, 4) is 5.75 Å². The molecule has 1 aromatic carbocycles. The zero-order chi connectivity index (χ0) is 11.4. The number of benzene rings is 1. The molecule has 2 nitrogen and oxygen atoms in total. The first-order valence-corrected chi connectivity index (χ1v) is 6.68. The molecule has 0 unspecified atom stereocenters. The van der Waals surface area contributed by atoms with Gasteiger partial charge in [0, 0.05) is 13.1 Å². The van der Waals surface area contributed by atoms with E-state index in [1.54, 1.807) is 17.4 Å². The summed E-state index contributed by atoms with van der Waals surface area (Å²) in [5.41, 5.74) is 2.46. The number of thiophene rings is 1. The monoisotopic (exact) mass is 297 g/mol. The molecule has 0 spiro atoms. The number of aromatic hydroxyl groups is 1. The van der Waals surface area contributed by atoms with Crippen molar-refractivity contribution in [3.05, 3.63) is 50.6 Å². The maximum atomic E-state index is 9.35. The third-order valence-electron chi connectivity index (χ3n) is 2.25. The predicted octanol–water partition coefficient (Wildman–Crippen LogP) is 3.51. The summed E-state index contributed by atoms with van der Waals surface area (Å²) in [5.74, 6) is 0.279. The van der Waals surface area contributed by atoms with Gasteiger partial charge >= 0.3 is 0 Å². The van der Waals surface area contributed by atoms with Crippen molar-refractivity contribution in [2.45, 2.75) is 13.1 Å². The second-order valence-electron chi connectivity index (χ2n) is 3.52. The van der Waals surface area contributed by atoms with Crippen LogP contribution in [0.4, 0.5) is 0 Å². The lowest BCUT2D eigenvalue weighted by Crippen LogP contribution is -2.11. The minimum atomic E-state index is 0.279. The topological polar surface area (TPSA) is 32.3 Å². The van der Waals surface area contributed by atoms with Crippen LogP contribution in [-0.4, -0.2) is 5.11 Å². The Hall–Kier alpha value is -0.840. The second kappa shape index (κ2) is 5.48. The van der Waals surface area contributed by atoms with Crippen LogP contribution in [0, 0.1) is 0 Å². The molecule has 16 heavy (non-hydrogen) atoms. The van der Waals surface area contributed by atoms with Gasteiger partial charge in [-0.2, -0.15) is 11.3 Å². The number of halogens is 1. The quantitative estimate of drug-likeness (QED) is 0.905. The van der Waals surface area contributed by atoms with Crippen LogP contribution >= 0.6 is 27.3 Å². The number of phenolic OH excluding ortho intramolecular Hbond substituents is 1. The molecule has 0 saturated heterocycles. The van der Waals surface area contributed by atoms with E-state index >= 15 is 0 Å². The minimum absolute atomic E-state index is 0.279. The van der Waals surface area contributed by atoms with Crippen LogP contribution in [0.15, 0.2) is 39.5 Å². The van der Waals surface area contributed by atoms with E-state index in [0.717, 1.165) is 23.1 Å². The van der Waals surface area contributed by atoms with Crippen LogP contribution in [0.1, 0.15) is 11.1 Å². The third-order valence-corrected chi connectivity index (χ3v) is 3.62. The van der Waals surface area contributed by atoms with E-state index < -0.39 is 0 Å². The van der Waals surface area contributed by atoms with Crippen LogP contribution in [0.3, 0.4) is 0 Å². The highest BCUT2D eigenvalue weighted by Crippen LogP contribution is 2.24. The lowest BCUT2D eigenvalue weighted by molar-refractivity contribution is 0.471. The molecular formula is C12H12BrNOS. The summed E-state index contributed by atoms with van der Waals surface area (Å²) in [4.78, 5) is 0. The third kappa shape index (κ3) is 3.07. The predicted molar refractivity (Wildman–Crippen MR) is 70.7 cm³/mol. The molecule has 0 fully saturated rings. The molecule has 0 aliphatic carbocycles. The fourth-order valence-corrected chi connectivity index (χ4v) is 2.50. The highest BCUT2D eigenvalue weighted by molar-refractivity contribution is 9.10. The zero-order valence-electron chi connectivity index (χ0n) is 8.61. The molecule has 0 aliphatic heterocycles. The van der Waals surface area contributed by atoms with Crippen LogP contribution in [0.5, 0.6) is 5.75 Å². The Bertz CT molecular complexity index is 456. The van der Waals surface area contributed by atoms with Gasteiger partial charge in [-0.3, -0.25) is 0 Å². The lowest BCUT2D eigenvalue weighted by atomic mass is 10.2. The molecule has 0 bridgehead atoms. The Morgan fingerprint density at radius 2 is 2.00 bits per heavy atom. The molecule has 4 heteroatoms. The first kappa shape index (κ1) is 11.6. The molecular weight excluding hydrogens is 286 g/mol. The van der Waals surface area contributed by atoms with Gasteiger partial charge < -0.3 is 10.4 Å². The van der Waals surface area contributed by atoms with Crippen LogP contribution in [-0.2, 0) is 13.1 Å². The van der Waals surface area contributed by atoms with Crippen LogP contribution in [0.2, 0.25) is 0 Å². The van der Waals surface area contributed by atoms with E-state index in [0.29, 0.717) is 0 Å². The summed E-state index contributed by atoms with van der Waals surface area (Å²) >= 11 is 5.01. The molecule has 0 atom stereocenters. The normalized spacial score (nSPS) is 10.6. The molecule has 0 radical (unpaired) electrons. The van der Waals surface area contributed by atoms with Crippen molar-refractivity contribution in [2.75, 3.05) is 0 Å². The first-order chi connectivity index (χ1) is 7.75. The second-order valence-corrected chi connectivity index (χ2v) is 5.16. The molecule has 84 valence electrons. The van der Waals surface area contributed by atoms with E-state index in [-0.39, 0.29) is 5.75 Å². The van der Waals surface area contributed by atoms with Crippen molar-refractivity contribution in [2.24, 2.45) is 0 Å². The highest BCUT2D eigenvalue weighted by Gasteiger charge is 1.99. The maximum Gasteiger partial charge on any atom is 0.129 e. The molecule has 0 aliphatic rings. The van der Waals surface area contributed by atoms with Gasteiger partial charge in [-0.15, -0.1) is 0 Å². The number of nitrogens with one attached hydrogen (secondary N) is 1. The smallest absolute Gasteiger partial charge is 0.129 e. The van der Waals surface area contributed by atoms with Gasteiger partial charge in [0.05, 0.1) is 4.47 Å². The highest BCUT2D eigenvalue weighted by atomic mass is 79.9. The van der Waals surface area contributed by atoms with Gasteiger partial charge in [0.15, 0.2) is 0 Å². The molecule has 0 saturated carbocycles. The van der Waals surface area contributed by atoms with Gasteiger partial charge in [0.1, 0.15) is 5.75 Å². The largest absolute Gasteiger partial charge is 0.507 e. The Labute approximate surface area is 107 Å². The van der Waals surface area contributed by atoms with Gasteiger partial charge in [-0.05, 0) is 56.0 Å².